The number of rotatable bonds is 3. The van der Waals surface area contributed by atoms with Crippen molar-refractivity contribution in [3.8, 4) is 0 Å². The summed E-state index contributed by atoms with van der Waals surface area (Å²) < 4.78 is 26.8. The second kappa shape index (κ2) is 4.38. The van der Waals surface area contributed by atoms with Gasteiger partial charge < -0.3 is 4.90 Å². The number of hydrogen-bond acceptors (Lipinski definition) is 2. The Morgan fingerprint density at radius 2 is 1.80 bits per heavy atom. The summed E-state index contributed by atoms with van der Waals surface area (Å²) in [6.45, 7) is 1.35. The van der Waals surface area contributed by atoms with E-state index in [9.17, 15) is 13.6 Å². The molecule has 0 unspecified atom stereocenters. The van der Waals surface area contributed by atoms with Crippen molar-refractivity contribution in [1.82, 2.24) is 0 Å². The lowest BCUT2D eigenvalue weighted by molar-refractivity contribution is -0.116. The second-order valence-corrected chi connectivity index (χ2v) is 3.63. The molecule has 2 nitrogen and oxygen atoms in total. The van der Waals surface area contributed by atoms with Crippen LogP contribution >= 0.6 is 0 Å². The normalized spacial score (nSPS) is 10.2. The van der Waals surface area contributed by atoms with E-state index in [4.69, 9.17) is 0 Å². The van der Waals surface area contributed by atoms with Crippen molar-refractivity contribution in [2.45, 2.75) is 13.3 Å². The number of nitrogens with zero attached hydrogens (tertiary/aromatic N) is 1. The molecule has 0 saturated carbocycles. The van der Waals surface area contributed by atoms with E-state index in [1.807, 2.05) is 0 Å². The minimum Gasteiger partial charge on any atom is -0.375 e. The maximum Gasteiger partial charge on any atom is 0.146 e. The fourth-order valence-electron chi connectivity index (χ4n) is 1.48. The van der Waals surface area contributed by atoms with Crippen molar-refractivity contribution < 1.29 is 13.6 Å². The van der Waals surface area contributed by atoms with Crippen LogP contribution in [0.15, 0.2) is 12.1 Å². The highest BCUT2D eigenvalue weighted by atomic mass is 19.1. The van der Waals surface area contributed by atoms with Crippen LogP contribution in [0, 0.1) is 11.6 Å². The lowest BCUT2D eigenvalue weighted by Crippen LogP contribution is -2.16. The molecule has 0 aliphatic carbocycles. The largest absolute Gasteiger partial charge is 0.375 e. The lowest BCUT2D eigenvalue weighted by Gasteiger charge is -2.18. The van der Waals surface area contributed by atoms with Crippen LogP contribution in [0.4, 0.5) is 14.5 Å². The highest BCUT2D eigenvalue weighted by molar-refractivity contribution is 5.80. The van der Waals surface area contributed by atoms with E-state index < -0.39 is 11.6 Å². The van der Waals surface area contributed by atoms with Crippen LogP contribution in [-0.2, 0) is 11.2 Å². The number of Topliss-reactive ketones (excluding diaryl/α,β-unsaturated/α-hetero) is 1. The first-order chi connectivity index (χ1) is 6.93. The van der Waals surface area contributed by atoms with Gasteiger partial charge in [0.15, 0.2) is 0 Å². The highest BCUT2D eigenvalue weighted by Gasteiger charge is 2.16. The summed E-state index contributed by atoms with van der Waals surface area (Å²) in [5, 5.41) is 0. The second-order valence-electron chi connectivity index (χ2n) is 3.63. The molecule has 1 rings (SSSR count). The molecule has 0 spiro atoms. The lowest BCUT2D eigenvalue weighted by atomic mass is 10.1. The van der Waals surface area contributed by atoms with E-state index in [0.717, 1.165) is 12.1 Å². The fraction of sp³-hybridized carbons (Fsp3) is 0.364. The molecule has 0 radical (unpaired) electrons. The number of hydrogen-bond donors (Lipinski definition) is 0. The van der Waals surface area contributed by atoms with Gasteiger partial charge in [0.2, 0.25) is 0 Å². The van der Waals surface area contributed by atoms with Gasteiger partial charge >= 0.3 is 0 Å². The van der Waals surface area contributed by atoms with E-state index in [2.05, 4.69) is 0 Å². The molecule has 0 atom stereocenters. The number of carbonyl (C=O) groups is 1. The van der Waals surface area contributed by atoms with E-state index in [-0.39, 0.29) is 23.5 Å². The van der Waals surface area contributed by atoms with Gasteiger partial charge in [0.1, 0.15) is 17.4 Å². The molecular formula is C11H13F2NO. The zero-order valence-corrected chi connectivity index (χ0v) is 8.97. The summed E-state index contributed by atoms with van der Waals surface area (Å²) in [7, 11) is 3.23. The van der Waals surface area contributed by atoms with Crippen molar-refractivity contribution in [1.29, 1.82) is 0 Å². The van der Waals surface area contributed by atoms with E-state index in [1.165, 1.54) is 11.8 Å². The van der Waals surface area contributed by atoms with Crippen LogP contribution < -0.4 is 4.90 Å². The molecular weight excluding hydrogens is 200 g/mol. The third-order valence-electron chi connectivity index (χ3n) is 2.05. The standard InChI is InChI=1S/C11H13F2NO/c1-7(15)6-8-9(12)4-5-10(13)11(8)14(2)3/h4-5H,6H2,1-3H3. The molecule has 0 N–H and O–H groups in total. The van der Waals surface area contributed by atoms with Gasteiger partial charge in [0.05, 0.1) is 5.69 Å². The number of anilines is 1. The molecule has 0 aliphatic heterocycles. The third-order valence-corrected chi connectivity index (χ3v) is 2.05. The maximum atomic E-state index is 13.4. The van der Waals surface area contributed by atoms with E-state index in [1.54, 1.807) is 14.1 Å². The number of benzene rings is 1. The van der Waals surface area contributed by atoms with Crippen molar-refractivity contribution >= 4 is 11.5 Å². The first kappa shape index (κ1) is 11.6. The third kappa shape index (κ3) is 2.52. The quantitative estimate of drug-likeness (QED) is 0.766. The Morgan fingerprint density at radius 3 is 2.27 bits per heavy atom. The summed E-state index contributed by atoms with van der Waals surface area (Å²) in [5.74, 6) is -1.25. The monoisotopic (exact) mass is 213 g/mol. The minimum absolute atomic E-state index is 0.0862. The topological polar surface area (TPSA) is 20.3 Å². The number of carbonyl (C=O) groups excluding carboxylic acids is 1. The average Bonchev–Trinajstić information content (AvgIpc) is 2.10. The van der Waals surface area contributed by atoms with Crippen molar-refractivity contribution in [3.63, 3.8) is 0 Å². The molecule has 82 valence electrons. The van der Waals surface area contributed by atoms with E-state index in [0.29, 0.717) is 0 Å². The Kier molecular flexibility index (Phi) is 3.39. The van der Waals surface area contributed by atoms with Gasteiger partial charge in [-0.3, -0.25) is 4.79 Å². The van der Waals surface area contributed by atoms with Gasteiger partial charge in [0, 0.05) is 26.1 Å². The molecule has 0 saturated heterocycles. The van der Waals surface area contributed by atoms with Crippen molar-refractivity contribution in [3.05, 3.63) is 29.3 Å². The number of ketones is 1. The van der Waals surface area contributed by atoms with Gasteiger partial charge in [-0.25, -0.2) is 8.78 Å². The first-order valence-corrected chi connectivity index (χ1v) is 4.57. The summed E-state index contributed by atoms with van der Waals surface area (Å²) >= 11 is 0. The van der Waals surface area contributed by atoms with Gasteiger partial charge in [-0.15, -0.1) is 0 Å². The molecule has 1 aromatic carbocycles. The summed E-state index contributed by atoms with van der Waals surface area (Å²) in [4.78, 5) is 12.4. The Labute approximate surface area is 87.5 Å². The molecule has 0 heterocycles. The summed E-state index contributed by atoms with van der Waals surface area (Å²) in [6, 6.07) is 2.11. The zero-order chi connectivity index (χ0) is 11.6. The summed E-state index contributed by atoms with van der Waals surface area (Å²) in [5.41, 5.74) is 0.262. The minimum atomic E-state index is -0.546. The number of halogens is 2. The van der Waals surface area contributed by atoms with Crippen LogP contribution in [0.1, 0.15) is 12.5 Å². The Hall–Kier alpha value is -1.45. The highest BCUT2D eigenvalue weighted by Crippen LogP contribution is 2.25. The van der Waals surface area contributed by atoms with Crippen LogP contribution in [0.5, 0.6) is 0 Å². The van der Waals surface area contributed by atoms with E-state index >= 15 is 0 Å². The van der Waals surface area contributed by atoms with Crippen molar-refractivity contribution in [2.75, 3.05) is 19.0 Å². The maximum absolute atomic E-state index is 13.4. The Bertz CT molecular complexity index is 388. The predicted octanol–water partition coefficient (Wildman–Crippen LogP) is 2.16. The van der Waals surface area contributed by atoms with Crippen LogP contribution in [0.3, 0.4) is 0 Å². The van der Waals surface area contributed by atoms with Crippen LogP contribution in [-0.4, -0.2) is 19.9 Å². The summed E-state index contributed by atoms with van der Waals surface area (Å²) in [6.07, 6.45) is -0.0862. The Balaban J connectivity index is 3.31. The van der Waals surface area contributed by atoms with Crippen LogP contribution in [0.2, 0.25) is 0 Å². The molecule has 0 bridgehead atoms. The van der Waals surface area contributed by atoms with Crippen molar-refractivity contribution in [2.24, 2.45) is 0 Å². The average molecular weight is 213 g/mol. The van der Waals surface area contributed by atoms with Gasteiger partial charge in [-0.2, -0.15) is 0 Å². The molecule has 0 aromatic heterocycles. The molecule has 0 amide bonds. The zero-order valence-electron chi connectivity index (χ0n) is 8.97. The van der Waals surface area contributed by atoms with Gasteiger partial charge in [0.25, 0.3) is 0 Å². The first-order valence-electron chi connectivity index (χ1n) is 4.57. The molecule has 4 heteroatoms. The molecule has 0 fully saturated rings. The smallest absolute Gasteiger partial charge is 0.146 e. The molecule has 0 aliphatic rings. The SMILES string of the molecule is CC(=O)Cc1c(F)ccc(F)c1N(C)C. The fourth-order valence-corrected chi connectivity index (χ4v) is 1.48. The Morgan fingerprint density at radius 1 is 1.27 bits per heavy atom. The van der Waals surface area contributed by atoms with Gasteiger partial charge in [-0.05, 0) is 19.1 Å². The van der Waals surface area contributed by atoms with Gasteiger partial charge in [-0.1, -0.05) is 0 Å². The van der Waals surface area contributed by atoms with Crippen LogP contribution in [0.25, 0.3) is 0 Å². The molecule has 1 aromatic rings. The molecule has 15 heavy (non-hydrogen) atoms. The predicted molar refractivity (Wildman–Crippen MR) is 55.1 cm³/mol.